The number of nitrogens with one attached hydrogen (secondary N) is 1. The lowest BCUT2D eigenvalue weighted by molar-refractivity contribution is -0.128. The summed E-state index contributed by atoms with van der Waals surface area (Å²) in [5.41, 5.74) is 2.30. The second kappa shape index (κ2) is 11.2. The Balaban J connectivity index is 1.81. The van der Waals surface area contributed by atoms with Crippen molar-refractivity contribution in [2.45, 2.75) is 45.3 Å². The van der Waals surface area contributed by atoms with Crippen LogP contribution in [0.25, 0.3) is 11.0 Å². The van der Waals surface area contributed by atoms with Crippen LogP contribution in [0.1, 0.15) is 49.2 Å². The van der Waals surface area contributed by atoms with Crippen LogP contribution in [0.5, 0.6) is 0 Å². The maximum absolute atomic E-state index is 14.0. The van der Waals surface area contributed by atoms with Crippen LogP contribution < -0.4 is 10.2 Å². The number of para-hydroxylation sites is 1. The van der Waals surface area contributed by atoms with Gasteiger partial charge in [-0.2, -0.15) is 0 Å². The fourth-order valence-corrected chi connectivity index (χ4v) is 4.09. The molecule has 0 unspecified atom stereocenters. The van der Waals surface area contributed by atoms with Gasteiger partial charge in [0.15, 0.2) is 0 Å². The molecule has 0 radical (unpaired) electrons. The van der Waals surface area contributed by atoms with Crippen LogP contribution in [0, 0.1) is 0 Å². The zero-order chi connectivity index (χ0) is 27.3. The highest BCUT2D eigenvalue weighted by Gasteiger charge is 2.35. The number of ether oxygens (including phenoxy) is 1. The molecule has 0 aliphatic heterocycles. The standard InChI is InChI=1S/C29H31N5O4/c1-5-29(2,3)30-27(36)26(20-11-7-6-8-12-20)34(22-17-15-21(16-18-22)28(37)38-4)25(35)19-33-24-14-10-9-13-23(24)31-32-33/h6-18,26H,5,19H2,1-4H3,(H,30,36)/t26-/m1/s1. The Morgan fingerprint density at radius 2 is 1.63 bits per heavy atom. The maximum atomic E-state index is 14.0. The lowest BCUT2D eigenvalue weighted by Crippen LogP contribution is -2.51. The molecule has 9 heteroatoms. The summed E-state index contributed by atoms with van der Waals surface area (Å²) in [5.74, 6) is -1.19. The van der Waals surface area contributed by atoms with E-state index in [0.29, 0.717) is 34.3 Å². The Labute approximate surface area is 221 Å². The van der Waals surface area contributed by atoms with Gasteiger partial charge in [0.05, 0.1) is 18.2 Å². The average Bonchev–Trinajstić information content (AvgIpc) is 3.34. The highest BCUT2D eigenvalue weighted by atomic mass is 16.5. The largest absolute Gasteiger partial charge is 0.465 e. The molecule has 38 heavy (non-hydrogen) atoms. The number of hydrogen-bond donors (Lipinski definition) is 1. The Hall–Kier alpha value is -4.53. The summed E-state index contributed by atoms with van der Waals surface area (Å²) in [6.07, 6.45) is 0.701. The van der Waals surface area contributed by atoms with Crippen molar-refractivity contribution in [3.05, 3.63) is 90.0 Å². The minimum atomic E-state index is -0.978. The summed E-state index contributed by atoms with van der Waals surface area (Å²) in [4.78, 5) is 41.4. The van der Waals surface area contributed by atoms with Crippen molar-refractivity contribution in [2.24, 2.45) is 0 Å². The lowest BCUT2D eigenvalue weighted by atomic mass is 9.98. The van der Waals surface area contributed by atoms with E-state index in [4.69, 9.17) is 4.74 Å². The van der Waals surface area contributed by atoms with Gasteiger partial charge >= 0.3 is 5.97 Å². The molecule has 1 N–H and O–H groups in total. The molecular formula is C29H31N5O4. The van der Waals surface area contributed by atoms with Gasteiger partial charge in [-0.25, -0.2) is 9.48 Å². The van der Waals surface area contributed by atoms with Crippen LogP contribution in [0.3, 0.4) is 0 Å². The number of amides is 2. The fourth-order valence-electron chi connectivity index (χ4n) is 4.09. The SMILES string of the molecule is CCC(C)(C)NC(=O)[C@@H](c1ccccc1)N(C(=O)Cn1nnc2ccccc21)c1ccc(C(=O)OC)cc1. The number of fused-ring (bicyclic) bond motifs is 1. The second-order valence-electron chi connectivity index (χ2n) is 9.58. The molecule has 1 atom stereocenters. The van der Waals surface area contributed by atoms with Crippen molar-refractivity contribution in [1.82, 2.24) is 20.3 Å². The normalized spacial score (nSPS) is 12.1. The zero-order valence-corrected chi connectivity index (χ0v) is 21.9. The molecule has 0 aliphatic rings. The highest BCUT2D eigenvalue weighted by molar-refractivity contribution is 6.02. The average molecular weight is 514 g/mol. The van der Waals surface area contributed by atoms with Gasteiger partial charge in [0.1, 0.15) is 18.1 Å². The van der Waals surface area contributed by atoms with E-state index in [1.54, 1.807) is 24.3 Å². The van der Waals surface area contributed by atoms with Crippen LogP contribution in [0.4, 0.5) is 5.69 Å². The molecule has 0 bridgehead atoms. The predicted molar refractivity (Wildman–Crippen MR) is 144 cm³/mol. The lowest BCUT2D eigenvalue weighted by Gasteiger charge is -2.34. The summed E-state index contributed by atoms with van der Waals surface area (Å²) < 4.78 is 6.33. The van der Waals surface area contributed by atoms with Gasteiger partial charge in [0.2, 0.25) is 11.8 Å². The van der Waals surface area contributed by atoms with E-state index in [9.17, 15) is 14.4 Å². The Bertz CT molecular complexity index is 1430. The first-order valence-electron chi connectivity index (χ1n) is 12.4. The van der Waals surface area contributed by atoms with Crippen LogP contribution >= 0.6 is 0 Å². The van der Waals surface area contributed by atoms with Crippen molar-refractivity contribution in [3.63, 3.8) is 0 Å². The van der Waals surface area contributed by atoms with Crippen LogP contribution in [0.15, 0.2) is 78.9 Å². The van der Waals surface area contributed by atoms with E-state index in [1.807, 2.05) is 75.4 Å². The number of aromatic nitrogens is 3. The number of benzene rings is 3. The molecule has 196 valence electrons. The molecule has 0 saturated heterocycles. The number of nitrogens with zero attached hydrogens (tertiary/aromatic N) is 4. The Morgan fingerprint density at radius 1 is 0.974 bits per heavy atom. The molecule has 0 aliphatic carbocycles. The number of rotatable bonds is 9. The van der Waals surface area contributed by atoms with Gasteiger partial charge < -0.3 is 10.1 Å². The van der Waals surface area contributed by atoms with Gasteiger partial charge in [-0.1, -0.05) is 54.6 Å². The topological polar surface area (TPSA) is 106 Å². The summed E-state index contributed by atoms with van der Waals surface area (Å²) in [6.45, 7) is 5.72. The molecular weight excluding hydrogens is 482 g/mol. The van der Waals surface area contributed by atoms with Crippen molar-refractivity contribution in [1.29, 1.82) is 0 Å². The Morgan fingerprint density at radius 3 is 2.29 bits per heavy atom. The smallest absolute Gasteiger partial charge is 0.337 e. The zero-order valence-electron chi connectivity index (χ0n) is 21.9. The molecule has 4 aromatic rings. The van der Waals surface area contributed by atoms with Gasteiger partial charge in [-0.3, -0.25) is 14.5 Å². The molecule has 0 fully saturated rings. The molecule has 0 saturated carbocycles. The fraction of sp³-hybridized carbons (Fsp3) is 0.276. The molecule has 0 spiro atoms. The summed E-state index contributed by atoms with van der Waals surface area (Å²) >= 11 is 0. The quantitative estimate of drug-likeness (QED) is 0.335. The van der Waals surface area contributed by atoms with Crippen molar-refractivity contribution in [3.8, 4) is 0 Å². The van der Waals surface area contributed by atoms with Crippen molar-refractivity contribution < 1.29 is 19.1 Å². The summed E-state index contributed by atoms with van der Waals surface area (Å²) in [7, 11) is 1.31. The third-order valence-electron chi connectivity index (χ3n) is 6.51. The van der Waals surface area contributed by atoms with E-state index in [-0.39, 0.29) is 18.4 Å². The first-order valence-corrected chi connectivity index (χ1v) is 12.4. The maximum Gasteiger partial charge on any atom is 0.337 e. The second-order valence-corrected chi connectivity index (χ2v) is 9.58. The first-order chi connectivity index (χ1) is 18.2. The van der Waals surface area contributed by atoms with Gasteiger partial charge in [0.25, 0.3) is 0 Å². The number of carbonyl (C=O) groups excluding carboxylic acids is 3. The third kappa shape index (κ3) is 5.72. The highest BCUT2D eigenvalue weighted by Crippen LogP contribution is 2.30. The van der Waals surface area contributed by atoms with Gasteiger partial charge in [-0.15, -0.1) is 5.10 Å². The van der Waals surface area contributed by atoms with E-state index in [1.165, 1.54) is 16.7 Å². The molecule has 3 aromatic carbocycles. The predicted octanol–water partition coefficient (Wildman–Crippen LogP) is 4.30. The van der Waals surface area contributed by atoms with Gasteiger partial charge in [-0.05, 0) is 62.2 Å². The van der Waals surface area contributed by atoms with Crippen LogP contribution in [0.2, 0.25) is 0 Å². The number of carbonyl (C=O) groups is 3. The molecule has 2 amide bonds. The Kier molecular flexibility index (Phi) is 7.85. The van der Waals surface area contributed by atoms with Gasteiger partial charge in [0, 0.05) is 11.2 Å². The number of hydrogen-bond acceptors (Lipinski definition) is 6. The minimum absolute atomic E-state index is 0.146. The minimum Gasteiger partial charge on any atom is -0.465 e. The van der Waals surface area contributed by atoms with Crippen LogP contribution in [-0.2, 0) is 20.9 Å². The molecule has 1 aromatic heterocycles. The summed E-state index contributed by atoms with van der Waals surface area (Å²) in [6, 6.07) is 21.9. The summed E-state index contributed by atoms with van der Waals surface area (Å²) in [5, 5.41) is 11.4. The first kappa shape index (κ1) is 26.5. The van der Waals surface area contributed by atoms with Crippen molar-refractivity contribution in [2.75, 3.05) is 12.0 Å². The third-order valence-corrected chi connectivity index (χ3v) is 6.51. The van der Waals surface area contributed by atoms with Crippen LogP contribution in [-0.4, -0.2) is 45.4 Å². The van der Waals surface area contributed by atoms with E-state index in [2.05, 4.69) is 15.6 Å². The van der Waals surface area contributed by atoms with E-state index in [0.717, 1.165) is 0 Å². The molecule has 1 heterocycles. The molecule has 9 nitrogen and oxygen atoms in total. The van der Waals surface area contributed by atoms with E-state index < -0.39 is 17.6 Å². The van der Waals surface area contributed by atoms with E-state index >= 15 is 0 Å². The molecule has 4 rings (SSSR count). The number of esters is 1. The number of anilines is 1. The van der Waals surface area contributed by atoms with Crippen molar-refractivity contribution >= 4 is 34.5 Å². The monoisotopic (exact) mass is 513 g/mol. The number of methoxy groups -OCH3 is 1.